The standard InChI is InChI=1S/C16H19NO3/c1-10-4-5-12(3)13(6-10)14(18)9-17-15(19)7-11(2)8-16(17)20/h4-6,11H,7-9H2,1-3H3. The highest BCUT2D eigenvalue weighted by Crippen LogP contribution is 2.20. The van der Waals surface area contributed by atoms with Crippen molar-refractivity contribution in [1.29, 1.82) is 0 Å². The third-order valence-electron chi connectivity index (χ3n) is 3.64. The second-order valence-corrected chi connectivity index (χ2v) is 5.63. The van der Waals surface area contributed by atoms with Crippen LogP contribution in [-0.2, 0) is 9.59 Å². The van der Waals surface area contributed by atoms with Gasteiger partial charge in [0.1, 0.15) is 0 Å². The normalized spacial score (nSPS) is 16.6. The number of piperidine rings is 1. The van der Waals surface area contributed by atoms with Crippen molar-refractivity contribution in [3.8, 4) is 0 Å². The number of carbonyl (C=O) groups excluding carboxylic acids is 3. The van der Waals surface area contributed by atoms with Crippen molar-refractivity contribution in [1.82, 2.24) is 4.90 Å². The molecule has 0 radical (unpaired) electrons. The van der Waals surface area contributed by atoms with Gasteiger partial charge in [-0.3, -0.25) is 19.3 Å². The van der Waals surface area contributed by atoms with E-state index >= 15 is 0 Å². The number of likely N-dealkylation sites (tertiary alicyclic amines) is 1. The lowest BCUT2D eigenvalue weighted by molar-refractivity contribution is -0.149. The van der Waals surface area contributed by atoms with E-state index in [1.165, 1.54) is 0 Å². The first-order chi connectivity index (χ1) is 9.38. The molecule has 1 aliphatic rings. The monoisotopic (exact) mass is 273 g/mol. The number of aryl methyl sites for hydroxylation is 2. The maximum Gasteiger partial charge on any atom is 0.229 e. The minimum Gasteiger partial charge on any atom is -0.292 e. The quantitative estimate of drug-likeness (QED) is 0.627. The molecule has 0 N–H and O–H groups in total. The van der Waals surface area contributed by atoms with Gasteiger partial charge in [-0.05, 0) is 31.4 Å². The smallest absolute Gasteiger partial charge is 0.229 e. The van der Waals surface area contributed by atoms with Crippen molar-refractivity contribution in [2.45, 2.75) is 33.6 Å². The summed E-state index contributed by atoms with van der Waals surface area (Å²) in [6, 6.07) is 5.62. The van der Waals surface area contributed by atoms with Crippen molar-refractivity contribution >= 4 is 17.6 Å². The van der Waals surface area contributed by atoms with Gasteiger partial charge in [0.15, 0.2) is 5.78 Å². The average molecular weight is 273 g/mol. The Morgan fingerprint density at radius 2 is 1.80 bits per heavy atom. The summed E-state index contributed by atoms with van der Waals surface area (Å²) in [7, 11) is 0. The first-order valence-electron chi connectivity index (χ1n) is 6.82. The number of carbonyl (C=O) groups is 3. The molecule has 106 valence electrons. The summed E-state index contributed by atoms with van der Waals surface area (Å²) in [5.74, 6) is -0.593. The van der Waals surface area contributed by atoms with Crippen molar-refractivity contribution in [3.05, 3.63) is 34.9 Å². The van der Waals surface area contributed by atoms with Crippen LogP contribution in [0.25, 0.3) is 0 Å². The summed E-state index contributed by atoms with van der Waals surface area (Å²) in [5.41, 5.74) is 2.44. The second-order valence-electron chi connectivity index (χ2n) is 5.63. The number of rotatable bonds is 3. The molecule has 2 rings (SSSR count). The molecule has 1 aliphatic heterocycles. The predicted molar refractivity (Wildman–Crippen MR) is 75.4 cm³/mol. The molecule has 0 bridgehead atoms. The van der Waals surface area contributed by atoms with Gasteiger partial charge in [-0.2, -0.15) is 0 Å². The van der Waals surface area contributed by atoms with Crippen LogP contribution in [0.5, 0.6) is 0 Å². The zero-order valence-corrected chi connectivity index (χ0v) is 12.1. The van der Waals surface area contributed by atoms with Gasteiger partial charge in [-0.25, -0.2) is 0 Å². The largest absolute Gasteiger partial charge is 0.292 e. The van der Waals surface area contributed by atoms with Crippen LogP contribution in [0.2, 0.25) is 0 Å². The number of Topliss-reactive ketones (excluding diaryl/α,β-unsaturated/α-hetero) is 1. The maximum absolute atomic E-state index is 12.3. The van der Waals surface area contributed by atoms with E-state index in [9.17, 15) is 14.4 Å². The van der Waals surface area contributed by atoms with Crippen LogP contribution in [0.3, 0.4) is 0 Å². The molecule has 4 nitrogen and oxygen atoms in total. The first-order valence-corrected chi connectivity index (χ1v) is 6.82. The lowest BCUT2D eigenvalue weighted by Crippen LogP contribution is -2.45. The van der Waals surface area contributed by atoms with E-state index in [0.717, 1.165) is 16.0 Å². The molecule has 2 amide bonds. The van der Waals surface area contributed by atoms with Crippen molar-refractivity contribution < 1.29 is 14.4 Å². The van der Waals surface area contributed by atoms with Gasteiger partial charge in [0.05, 0.1) is 6.54 Å². The van der Waals surface area contributed by atoms with Gasteiger partial charge < -0.3 is 0 Å². The number of hydrogen-bond donors (Lipinski definition) is 0. The number of imide groups is 1. The van der Waals surface area contributed by atoms with E-state index in [-0.39, 0.29) is 30.1 Å². The molecule has 0 atom stereocenters. The van der Waals surface area contributed by atoms with Gasteiger partial charge in [-0.1, -0.05) is 24.6 Å². The maximum atomic E-state index is 12.3. The van der Waals surface area contributed by atoms with Gasteiger partial charge in [0.2, 0.25) is 11.8 Å². The summed E-state index contributed by atoms with van der Waals surface area (Å²) < 4.78 is 0. The summed E-state index contributed by atoms with van der Waals surface area (Å²) in [6.07, 6.45) is 0.678. The fourth-order valence-corrected chi connectivity index (χ4v) is 2.47. The van der Waals surface area contributed by atoms with E-state index in [2.05, 4.69) is 0 Å². The molecule has 0 aliphatic carbocycles. The summed E-state index contributed by atoms with van der Waals surface area (Å²) in [5, 5.41) is 0. The van der Waals surface area contributed by atoms with Crippen LogP contribution in [0.1, 0.15) is 41.3 Å². The summed E-state index contributed by atoms with van der Waals surface area (Å²) in [6.45, 7) is 5.50. The van der Waals surface area contributed by atoms with Crippen LogP contribution < -0.4 is 0 Å². The fraction of sp³-hybridized carbons (Fsp3) is 0.438. The van der Waals surface area contributed by atoms with Crippen molar-refractivity contribution in [2.75, 3.05) is 6.54 Å². The Morgan fingerprint density at radius 1 is 1.20 bits per heavy atom. The Hall–Kier alpha value is -1.97. The van der Waals surface area contributed by atoms with E-state index in [0.29, 0.717) is 18.4 Å². The SMILES string of the molecule is Cc1ccc(C)c(C(=O)CN2C(=O)CC(C)CC2=O)c1. The molecule has 1 heterocycles. The molecule has 0 aromatic heterocycles. The molecular weight excluding hydrogens is 254 g/mol. The first kappa shape index (κ1) is 14.4. The van der Waals surface area contributed by atoms with E-state index < -0.39 is 0 Å². The Labute approximate surface area is 118 Å². The third-order valence-corrected chi connectivity index (χ3v) is 3.64. The molecule has 1 saturated heterocycles. The Kier molecular flexibility index (Phi) is 4.02. The molecule has 0 saturated carbocycles. The summed E-state index contributed by atoms with van der Waals surface area (Å²) >= 11 is 0. The van der Waals surface area contributed by atoms with Crippen molar-refractivity contribution in [3.63, 3.8) is 0 Å². The minimum atomic E-state index is -0.243. The van der Waals surface area contributed by atoms with Gasteiger partial charge in [0.25, 0.3) is 0 Å². The van der Waals surface area contributed by atoms with E-state index in [1.807, 2.05) is 32.9 Å². The molecule has 1 fully saturated rings. The van der Waals surface area contributed by atoms with Crippen LogP contribution >= 0.6 is 0 Å². The predicted octanol–water partition coefficient (Wildman–Crippen LogP) is 2.27. The number of ketones is 1. The van der Waals surface area contributed by atoms with Crippen LogP contribution in [0.4, 0.5) is 0 Å². The Morgan fingerprint density at radius 3 is 2.40 bits per heavy atom. The molecule has 1 aromatic rings. The highest BCUT2D eigenvalue weighted by atomic mass is 16.2. The lowest BCUT2D eigenvalue weighted by Gasteiger charge is -2.27. The van der Waals surface area contributed by atoms with E-state index in [4.69, 9.17) is 0 Å². The molecule has 4 heteroatoms. The molecule has 0 spiro atoms. The number of amides is 2. The van der Waals surface area contributed by atoms with Gasteiger partial charge >= 0.3 is 0 Å². The zero-order valence-electron chi connectivity index (χ0n) is 12.1. The second kappa shape index (κ2) is 5.57. The highest BCUT2D eigenvalue weighted by Gasteiger charge is 2.31. The van der Waals surface area contributed by atoms with Crippen LogP contribution in [-0.4, -0.2) is 29.0 Å². The van der Waals surface area contributed by atoms with Crippen molar-refractivity contribution in [2.24, 2.45) is 5.92 Å². The van der Waals surface area contributed by atoms with Crippen LogP contribution in [0.15, 0.2) is 18.2 Å². The number of nitrogens with zero attached hydrogens (tertiary/aromatic N) is 1. The fourth-order valence-electron chi connectivity index (χ4n) is 2.47. The van der Waals surface area contributed by atoms with Gasteiger partial charge in [0, 0.05) is 18.4 Å². The number of benzene rings is 1. The zero-order chi connectivity index (χ0) is 14.9. The highest BCUT2D eigenvalue weighted by molar-refractivity contribution is 6.06. The Bertz CT molecular complexity index is 559. The number of hydrogen-bond acceptors (Lipinski definition) is 3. The summed E-state index contributed by atoms with van der Waals surface area (Å²) in [4.78, 5) is 37.2. The average Bonchev–Trinajstić information content (AvgIpc) is 2.36. The Balaban J connectivity index is 2.17. The van der Waals surface area contributed by atoms with Crippen LogP contribution in [0, 0.1) is 19.8 Å². The minimum absolute atomic E-state index is 0.0713. The topological polar surface area (TPSA) is 54.5 Å². The molecular formula is C16H19NO3. The van der Waals surface area contributed by atoms with Gasteiger partial charge in [-0.15, -0.1) is 0 Å². The lowest BCUT2D eigenvalue weighted by atomic mass is 9.96. The van der Waals surface area contributed by atoms with E-state index in [1.54, 1.807) is 6.07 Å². The molecule has 0 unspecified atom stereocenters. The third kappa shape index (κ3) is 2.95. The molecule has 20 heavy (non-hydrogen) atoms. The molecule has 1 aromatic carbocycles.